The van der Waals surface area contributed by atoms with E-state index in [1.165, 1.54) is 11.9 Å². The Hall–Kier alpha value is -4.16. The lowest BCUT2D eigenvalue weighted by atomic mass is 10.2. The number of rotatable bonds is 6. The van der Waals surface area contributed by atoms with Crippen molar-refractivity contribution in [1.29, 1.82) is 0 Å². The topological polar surface area (TPSA) is 111 Å². The largest absolute Gasteiger partial charge is 0.740 e. The average Bonchev–Trinajstić information content (AvgIpc) is 3.54. The highest BCUT2D eigenvalue weighted by atomic mass is 32.2. The quantitative estimate of drug-likeness (QED) is 0.173. The molecule has 0 saturated carbocycles. The summed E-state index contributed by atoms with van der Waals surface area (Å²) in [4.78, 5) is 4.62. The minimum absolute atomic E-state index is 0.139. The number of benzene rings is 4. The molecule has 1 N–H and O–H groups in total. The van der Waals surface area contributed by atoms with Crippen molar-refractivity contribution in [2.24, 2.45) is 5.10 Å². The zero-order valence-electron chi connectivity index (χ0n) is 20.1. The molecule has 9 nitrogen and oxygen atoms in total. The van der Waals surface area contributed by atoms with Gasteiger partial charge in [0.1, 0.15) is 16.1 Å². The first-order valence-corrected chi connectivity index (χ1v) is 13.8. The predicted octanol–water partition coefficient (Wildman–Crippen LogP) is 5.36. The monoisotopic (exact) mass is 543 g/mol. The van der Waals surface area contributed by atoms with E-state index in [1.807, 2.05) is 97.0 Å². The molecular weight excluding hydrogens is 522 g/mol. The van der Waals surface area contributed by atoms with Crippen LogP contribution >= 0.6 is 11.9 Å². The van der Waals surface area contributed by atoms with Gasteiger partial charge < -0.3 is 8.97 Å². The maximum atomic E-state index is 11.6. The number of aryl methyl sites for hydroxylation is 1. The number of fused-ring (bicyclic) bond motifs is 1. The van der Waals surface area contributed by atoms with Gasteiger partial charge in [0.05, 0.1) is 0 Å². The van der Waals surface area contributed by atoms with E-state index in [1.54, 1.807) is 18.2 Å². The number of amidine groups is 1. The SMILES string of the molecule is Cc1ccc(N2NC(c3ccccc3)=N[N+]2(Sc2cccc3oc(S(=O)(=O)[O-])nc23)c2ccccc2)cc1. The summed E-state index contributed by atoms with van der Waals surface area (Å²) >= 11 is 1.30. The van der Waals surface area contributed by atoms with E-state index in [9.17, 15) is 13.0 Å². The summed E-state index contributed by atoms with van der Waals surface area (Å²) in [5.74, 6) is 0.637. The first-order chi connectivity index (χ1) is 18.3. The van der Waals surface area contributed by atoms with Gasteiger partial charge in [0.25, 0.3) is 0 Å². The Labute approximate surface area is 223 Å². The fourth-order valence-corrected chi connectivity index (χ4v) is 5.73. The van der Waals surface area contributed by atoms with Crippen LogP contribution in [0.5, 0.6) is 0 Å². The van der Waals surface area contributed by atoms with Gasteiger partial charge in [-0.25, -0.2) is 13.8 Å². The fraction of sp³-hybridized carbons (Fsp3) is 0.0370. The molecule has 4 aromatic carbocycles. The van der Waals surface area contributed by atoms with Crippen molar-refractivity contribution in [1.82, 2.24) is 14.5 Å². The van der Waals surface area contributed by atoms with E-state index >= 15 is 0 Å². The van der Waals surface area contributed by atoms with Crippen LogP contribution in [0.4, 0.5) is 11.4 Å². The molecule has 1 unspecified atom stereocenters. The zero-order valence-corrected chi connectivity index (χ0v) is 21.7. The summed E-state index contributed by atoms with van der Waals surface area (Å²) in [6.07, 6.45) is 0. The number of hydrazine groups is 1. The highest BCUT2D eigenvalue weighted by Gasteiger charge is 2.49. The first kappa shape index (κ1) is 24.2. The minimum atomic E-state index is -4.87. The van der Waals surface area contributed by atoms with Gasteiger partial charge >= 0.3 is 5.22 Å². The maximum absolute atomic E-state index is 11.6. The predicted molar refractivity (Wildman–Crippen MR) is 146 cm³/mol. The van der Waals surface area contributed by atoms with Gasteiger partial charge in [-0.15, -0.1) is 0 Å². The summed E-state index contributed by atoms with van der Waals surface area (Å²) in [5, 5.41) is 6.25. The van der Waals surface area contributed by atoms with Crippen molar-refractivity contribution < 1.29 is 17.4 Å². The molecule has 0 saturated heterocycles. The number of nitrogens with zero attached hydrogens (tertiary/aromatic N) is 4. The fourth-order valence-electron chi connectivity index (χ4n) is 4.13. The van der Waals surface area contributed by atoms with E-state index in [2.05, 4.69) is 10.4 Å². The smallest absolute Gasteiger partial charge is 0.303 e. The van der Waals surface area contributed by atoms with Gasteiger partial charge in [0.2, 0.25) is 5.84 Å². The third kappa shape index (κ3) is 4.31. The van der Waals surface area contributed by atoms with Crippen molar-refractivity contribution in [2.45, 2.75) is 17.0 Å². The molecule has 1 atom stereocenters. The molecule has 0 radical (unpaired) electrons. The Balaban J connectivity index is 1.58. The van der Waals surface area contributed by atoms with Crippen LogP contribution in [0.1, 0.15) is 11.1 Å². The van der Waals surface area contributed by atoms with Crippen LogP contribution in [0.3, 0.4) is 0 Å². The zero-order chi connectivity index (χ0) is 26.3. The number of hydrogen-bond acceptors (Lipinski definition) is 9. The van der Waals surface area contributed by atoms with E-state index < -0.39 is 15.3 Å². The minimum Gasteiger partial charge on any atom is -0.740 e. The number of quaternary nitrogens is 1. The average molecular weight is 544 g/mol. The number of aromatic nitrogens is 1. The van der Waals surface area contributed by atoms with Crippen LogP contribution in [-0.2, 0) is 10.1 Å². The molecule has 0 bridgehead atoms. The van der Waals surface area contributed by atoms with Gasteiger partial charge in [-0.05, 0) is 36.3 Å². The lowest BCUT2D eigenvalue weighted by molar-refractivity contribution is 0.397. The molecule has 6 rings (SSSR count). The number of oxazole rings is 1. The third-order valence-corrected chi connectivity index (χ3v) is 7.78. The summed E-state index contributed by atoms with van der Waals surface area (Å²) < 4.78 is 40.1. The van der Waals surface area contributed by atoms with Crippen molar-refractivity contribution in [2.75, 3.05) is 5.12 Å². The van der Waals surface area contributed by atoms with Crippen LogP contribution in [-0.4, -0.2) is 23.8 Å². The Bertz CT molecular complexity index is 1760. The normalized spacial score (nSPS) is 17.4. The second-order valence-corrected chi connectivity index (χ2v) is 11.0. The van der Waals surface area contributed by atoms with Gasteiger partial charge in [0, 0.05) is 21.8 Å². The highest BCUT2D eigenvalue weighted by Crippen LogP contribution is 2.45. The Kier molecular flexibility index (Phi) is 5.92. The molecule has 2 heterocycles. The molecule has 38 heavy (non-hydrogen) atoms. The van der Waals surface area contributed by atoms with Gasteiger partial charge in [-0.2, -0.15) is 4.98 Å². The number of hydrogen-bond donors (Lipinski definition) is 1. The summed E-state index contributed by atoms with van der Waals surface area (Å²) in [6.45, 7) is 2.02. The van der Waals surface area contributed by atoms with E-state index in [4.69, 9.17) is 9.52 Å². The third-order valence-electron chi connectivity index (χ3n) is 5.94. The van der Waals surface area contributed by atoms with Crippen LogP contribution in [0.25, 0.3) is 11.1 Å². The molecular formula is C27H21N5O4S2. The lowest BCUT2D eigenvalue weighted by Crippen LogP contribution is -2.55. The second-order valence-electron chi connectivity index (χ2n) is 8.58. The first-order valence-electron chi connectivity index (χ1n) is 11.6. The Morgan fingerprint density at radius 3 is 2.26 bits per heavy atom. The molecule has 0 spiro atoms. The summed E-state index contributed by atoms with van der Waals surface area (Å²) in [6, 6.07) is 32.6. The van der Waals surface area contributed by atoms with Gasteiger partial charge in [-0.1, -0.05) is 77.4 Å². The maximum Gasteiger partial charge on any atom is 0.303 e. The van der Waals surface area contributed by atoms with Gasteiger partial charge in [-0.3, -0.25) is 0 Å². The van der Waals surface area contributed by atoms with Crippen molar-refractivity contribution in [3.8, 4) is 0 Å². The Morgan fingerprint density at radius 2 is 1.58 bits per heavy atom. The Morgan fingerprint density at radius 1 is 0.895 bits per heavy atom. The van der Waals surface area contributed by atoms with Crippen molar-refractivity contribution in [3.05, 3.63) is 114 Å². The lowest BCUT2D eigenvalue weighted by Gasteiger charge is -2.33. The van der Waals surface area contributed by atoms with E-state index in [0.29, 0.717) is 10.7 Å². The molecule has 11 heteroatoms. The molecule has 1 aromatic heterocycles. The van der Waals surface area contributed by atoms with Crippen LogP contribution in [0, 0.1) is 6.92 Å². The van der Waals surface area contributed by atoms with Crippen molar-refractivity contribution in [3.63, 3.8) is 0 Å². The molecule has 1 aliphatic rings. The van der Waals surface area contributed by atoms with Crippen LogP contribution in [0.15, 0.2) is 123 Å². The molecule has 1 aliphatic heterocycles. The van der Waals surface area contributed by atoms with Crippen LogP contribution in [0.2, 0.25) is 0 Å². The highest BCUT2D eigenvalue weighted by molar-refractivity contribution is 7.99. The summed E-state index contributed by atoms with van der Waals surface area (Å²) in [5.41, 5.74) is 7.58. The molecule has 0 fully saturated rings. The second kappa shape index (κ2) is 9.30. The summed E-state index contributed by atoms with van der Waals surface area (Å²) in [7, 11) is -4.87. The van der Waals surface area contributed by atoms with E-state index in [0.717, 1.165) is 22.5 Å². The molecule has 5 aromatic rings. The molecule has 0 aliphatic carbocycles. The molecule has 190 valence electrons. The van der Waals surface area contributed by atoms with Crippen LogP contribution < -0.4 is 14.7 Å². The van der Waals surface area contributed by atoms with Crippen molar-refractivity contribution >= 4 is 50.4 Å². The standard InChI is InChI=1S/C27H21N5O4S2/c1-19-15-17-21(18-16-19)31-29-26(20-9-4-2-5-10-20)30-32(31,22-11-6-3-7-12-22)37-24-14-8-13-23-25(24)28-27(36-23)38(33,34)35/h2-18H,1H3,(H-,29,30,33,34,35). The van der Waals surface area contributed by atoms with E-state index in [-0.39, 0.29) is 15.2 Å². The number of nitrogens with one attached hydrogen (secondary N) is 1. The molecule has 0 amide bonds. The number of anilines is 1. The van der Waals surface area contributed by atoms with Gasteiger partial charge in [0.15, 0.2) is 33.3 Å². The number of para-hydroxylation sites is 1.